The van der Waals surface area contributed by atoms with E-state index >= 15 is 0 Å². The summed E-state index contributed by atoms with van der Waals surface area (Å²) < 4.78 is 8.80. The van der Waals surface area contributed by atoms with Crippen molar-refractivity contribution in [3.05, 3.63) is 186 Å². The summed E-state index contributed by atoms with van der Waals surface area (Å²) in [5.41, 5.74) is 21.1. The first-order valence-corrected chi connectivity index (χ1v) is 19.8. The molecule has 12 rings (SSSR count). The standard InChI is InChI=1S/C54H39NO/c1-53(2)45-23-18-34(35-20-27-50-42(29-35)41-28-33(19-26-49(41)56-50)32-12-6-5-7-13-32)30-43(45)51-46(53)25-22-39-40-31-36(21-24-44(40)54(3,4)52(39)51)55-47-16-10-8-14-37(47)38-15-9-11-17-48(38)55/h5-31H,1-4H3. The highest BCUT2D eigenvalue weighted by Gasteiger charge is 2.44. The molecule has 2 heteroatoms. The molecule has 0 saturated carbocycles. The third-order valence-electron chi connectivity index (χ3n) is 13.2. The van der Waals surface area contributed by atoms with Gasteiger partial charge in [-0.05, 0) is 121 Å². The molecule has 10 aromatic rings. The van der Waals surface area contributed by atoms with Gasteiger partial charge in [0, 0.05) is 38.1 Å². The molecule has 0 unspecified atom stereocenters. The zero-order chi connectivity index (χ0) is 37.5. The van der Waals surface area contributed by atoms with Crippen molar-refractivity contribution in [2.75, 3.05) is 0 Å². The Morgan fingerprint density at radius 3 is 1.64 bits per heavy atom. The molecule has 0 fully saturated rings. The monoisotopic (exact) mass is 717 g/mol. The number of nitrogens with zero attached hydrogens (tertiary/aromatic N) is 1. The summed E-state index contributed by atoms with van der Waals surface area (Å²) in [7, 11) is 0. The summed E-state index contributed by atoms with van der Waals surface area (Å²) in [5, 5.41) is 4.86. The normalized spacial score (nSPS) is 14.7. The number of hydrogen-bond acceptors (Lipinski definition) is 1. The molecule has 0 atom stereocenters. The topological polar surface area (TPSA) is 18.1 Å². The van der Waals surface area contributed by atoms with E-state index in [1.54, 1.807) is 0 Å². The van der Waals surface area contributed by atoms with Gasteiger partial charge in [-0.1, -0.05) is 137 Å². The number of rotatable bonds is 3. The number of para-hydroxylation sites is 2. The van der Waals surface area contributed by atoms with Gasteiger partial charge in [-0.15, -0.1) is 0 Å². The minimum absolute atomic E-state index is 0.115. The molecule has 2 aliphatic rings. The molecular formula is C54H39NO. The summed E-state index contributed by atoms with van der Waals surface area (Å²) >= 11 is 0. The Hall–Kier alpha value is -6.64. The first kappa shape index (κ1) is 31.7. The van der Waals surface area contributed by atoms with Crippen LogP contribution in [0.3, 0.4) is 0 Å². The molecule has 56 heavy (non-hydrogen) atoms. The van der Waals surface area contributed by atoms with Crippen LogP contribution in [-0.4, -0.2) is 4.57 Å². The third kappa shape index (κ3) is 4.16. The van der Waals surface area contributed by atoms with Gasteiger partial charge in [-0.25, -0.2) is 0 Å². The van der Waals surface area contributed by atoms with Crippen LogP contribution in [0.5, 0.6) is 0 Å². The van der Waals surface area contributed by atoms with E-state index in [-0.39, 0.29) is 10.8 Å². The Bertz CT molecular complexity index is 3240. The molecule has 0 bridgehead atoms. The van der Waals surface area contributed by atoms with Gasteiger partial charge in [0.25, 0.3) is 0 Å². The lowest BCUT2D eigenvalue weighted by Gasteiger charge is -2.26. The maximum absolute atomic E-state index is 6.36. The summed E-state index contributed by atoms with van der Waals surface area (Å²) in [5.74, 6) is 0. The summed E-state index contributed by atoms with van der Waals surface area (Å²) in [4.78, 5) is 0. The highest BCUT2D eigenvalue weighted by molar-refractivity contribution is 6.10. The molecule has 0 saturated heterocycles. The van der Waals surface area contributed by atoms with Crippen LogP contribution in [0.25, 0.3) is 93.9 Å². The molecule has 0 spiro atoms. The van der Waals surface area contributed by atoms with E-state index in [1.165, 1.54) is 94.3 Å². The van der Waals surface area contributed by atoms with E-state index in [0.717, 1.165) is 21.9 Å². The molecule has 0 aliphatic heterocycles. The second kappa shape index (κ2) is 11.0. The number of fused-ring (bicyclic) bond motifs is 13. The smallest absolute Gasteiger partial charge is 0.135 e. The largest absolute Gasteiger partial charge is 0.456 e. The summed E-state index contributed by atoms with van der Waals surface area (Å²) in [6.45, 7) is 9.64. The fourth-order valence-electron chi connectivity index (χ4n) is 10.4. The van der Waals surface area contributed by atoms with Gasteiger partial charge in [-0.2, -0.15) is 0 Å². The predicted octanol–water partition coefficient (Wildman–Crippen LogP) is 14.6. The molecule has 2 aromatic heterocycles. The van der Waals surface area contributed by atoms with Gasteiger partial charge in [-0.3, -0.25) is 0 Å². The molecule has 0 radical (unpaired) electrons. The first-order valence-electron chi connectivity index (χ1n) is 19.8. The van der Waals surface area contributed by atoms with Crippen LogP contribution in [0.15, 0.2) is 168 Å². The highest BCUT2D eigenvalue weighted by atomic mass is 16.3. The van der Waals surface area contributed by atoms with Gasteiger partial charge >= 0.3 is 0 Å². The Morgan fingerprint density at radius 1 is 0.393 bits per heavy atom. The van der Waals surface area contributed by atoms with Gasteiger partial charge in [0.1, 0.15) is 11.2 Å². The lowest BCUT2D eigenvalue weighted by atomic mass is 9.77. The second-order valence-corrected chi connectivity index (χ2v) is 16.9. The van der Waals surface area contributed by atoms with Crippen LogP contribution in [0, 0.1) is 0 Å². The minimum atomic E-state index is -0.172. The average Bonchev–Trinajstić information content (AvgIpc) is 3.91. The van der Waals surface area contributed by atoms with Crippen molar-refractivity contribution in [1.29, 1.82) is 0 Å². The average molecular weight is 718 g/mol. The van der Waals surface area contributed by atoms with E-state index in [0.29, 0.717) is 0 Å². The molecule has 266 valence electrons. The SMILES string of the molecule is CC1(C)c2ccc(-c3ccc4oc5ccc(-c6ccccc6)cc5c4c3)cc2-c2c1ccc1c2C(C)(C)c2ccc(-n3c4ccccc4c4ccccc43)cc2-1. The van der Waals surface area contributed by atoms with Gasteiger partial charge in [0.05, 0.1) is 11.0 Å². The summed E-state index contributed by atoms with van der Waals surface area (Å²) in [6, 6.07) is 60.6. The van der Waals surface area contributed by atoms with Crippen LogP contribution < -0.4 is 0 Å². The lowest BCUT2D eigenvalue weighted by Crippen LogP contribution is -2.18. The van der Waals surface area contributed by atoms with Crippen molar-refractivity contribution in [1.82, 2.24) is 4.57 Å². The lowest BCUT2D eigenvalue weighted by molar-refractivity contribution is 0.647. The van der Waals surface area contributed by atoms with E-state index in [2.05, 4.69) is 196 Å². The fourth-order valence-corrected chi connectivity index (χ4v) is 10.4. The Kier molecular flexibility index (Phi) is 6.22. The van der Waals surface area contributed by atoms with E-state index in [9.17, 15) is 0 Å². The maximum atomic E-state index is 6.36. The molecule has 2 nitrogen and oxygen atoms in total. The van der Waals surface area contributed by atoms with Crippen LogP contribution >= 0.6 is 0 Å². The van der Waals surface area contributed by atoms with Crippen molar-refractivity contribution in [2.24, 2.45) is 0 Å². The minimum Gasteiger partial charge on any atom is -0.456 e. The molecule has 0 N–H and O–H groups in total. The van der Waals surface area contributed by atoms with E-state index < -0.39 is 0 Å². The summed E-state index contributed by atoms with van der Waals surface area (Å²) in [6.07, 6.45) is 0. The molecule has 8 aromatic carbocycles. The highest BCUT2D eigenvalue weighted by Crippen LogP contribution is 2.59. The fraction of sp³-hybridized carbons (Fsp3) is 0.111. The van der Waals surface area contributed by atoms with Crippen molar-refractivity contribution in [3.8, 4) is 50.2 Å². The van der Waals surface area contributed by atoms with E-state index in [1.807, 2.05) is 0 Å². The zero-order valence-electron chi connectivity index (χ0n) is 31.9. The third-order valence-corrected chi connectivity index (χ3v) is 13.2. The number of benzene rings is 8. The van der Waals surface area contributed by atoms with Crippen molar-refractivity contribution in [3.63, 3.8) is 0 Å². The Labute approximate surface area is 326 Å². The first-order chi connectivity index (χ1) is 27.3. The zero-order valence-corrected chi connectivity index (χ0v) is 31.9. The molecule has 2 heterocycles. The number of hydrogen-bond donors (Lipinski definition) is 0. The van der Waals surface area contributed by atoms with Crippen LogP contribution in [0.4, 0.5) is 0 Å². The maximum Gasteiger partial charge on any atom is 0.135 e. The second-order valence-electron chi connectivity index (χ2n) is 16.9. The quantitative estimate of drug-likeness (QED) is 0.178. The van der Waals surface area contributed by atoms with Gasteiger partial charge in [0.15, 0.2) is 0 Å². The molecular weight excluding hydrogens is 679 g/mol. The number of aromatic nitrogens is 1. The van der Waals surface area contributed by atoms with Crippen molar-refractivity contribution >= 4 is 43.7 Å². The van der Waals surface area contributed by atoms with Gasteiger partial charge < -0.3 is 8.98 Å². The van der Waals surface area contributed by atoms with Gasteiger partial charge in [0.2, 0.25) is 0 Å². The molecule has 0 amide bonds. The van der Waals surface area contributed by atoms with Crippen LogP contribution in [0.2, 0.25) is 0 Å². The Balaban J connectivity index is 1.02. The number of furan rings is 1. The van der Waals surface area contributed by atoms with Crippen LogP contribution in [0.1, 0.15) is 49.9 Å². The van der Waals surface area contributed by atoms with Crippen molar-refractivity contribution in [2.45, 2.75) is 38.5 Å². The van der Waals surface area contributed by atoms with Crippen molar-refractivity contribution < 1.29 is 4.42 Å². The van der Waals surface area contributed by atoms with Crippen LogP contribution in [-0.2, 0) is 10.8 Å². The predicted molar refractivity (Wildman–Crippen MR) is 234 cm³/mol. The molecule has 2 aliphatic carbocycles. The Morgan fingerprint density at radius 2 is 0.946 bits per heavy atom. The van der Waals surface area contributed by atoms with E-state index in [4.69, 9.17) is 4.42 Å².